The van der Waals surface area contributed by atoms with Crippen molar-refractivity contribution >= 4 is 6.09 Å². The van der Waals surface area contributed by atoms with Crippen molar-refractivity contribution in [1.82, 2.24) is 5.32 Å². The van der Waals surface area contributed by atoms with Crippen LogP contribution in [0, 0.1) is 6.92 Å². The van der Waals surface area contributed by atoms with Crippen molar-refractivity contribution in [3.05, 3.63) is 35.4 Å². The molecule has 0 saturated heterocycles. The summed E-state index contributed by atoms with van der Waals surface area (Å²) in [5.41, 5.74) is 1.33. The number of alkyl carbamates (subject to hydrolysis) is 1. The largest absolute Gasteiger partial charge is 0.444 e. The number of nitrogens with one attached hydrogen (secondary N) is 1. The summed E-state index contributed by atoms with van der Waals surface area (Å²) in [4.78, 5) is 11.8. The van der Waals surface area contributed by atoms with E-state index < -0.39 is 17.2 Å². The van der Waals surface area contributed by atoms with Crippen molar-refractivity contribution in [2.75, 3.05) is 0 Å². The number of hydrogen-bond donors (Lipinski definition) is 1. The molecule has 18 heavy (non-hydrogen) atoms. The number of benzene rings is 1. The molecule has 1 rings (SSSR count). The molecule has 100 valence electrons. The van der Waals surface area contributed by atoms with Crippen molar-refractivity contribution in [3.63, 3.8) is 0 Å². The van der Waals surface area contributed by atoms with Gasteiger partial charge in [0.15, 0.2) is 0 Å². The smallest absolute Gasteiger partial charge is 0.408 e. The summed E-state index contributed by atoms with van der Waals surface area (Å²) in [7, 11) is 0. The summed E-state index contributed by atoms with van der Waals surface area (Å²) >= 11 is 0. The second-order valence-corrected chi connectivity index (χ2v) is 6.12. The van der Waals surface area contributed by atoms with Crippen LogP contribution in [0.4, 0.5) is 4.79 Å². The van der Waals surface area contributed by atoms with Gasteiger partial charge in [0, 0.05) is 0 Å². The van der Waals surface area contributed by atoms with Crippen molar-refractivity contribution < 1.29 is 9.53 Å². The van der Waals surface area contributed by atoms with E-state index in [9.17, 15) is 4.79 Å². The summed E-state index contributed by atoms with van der Waals surface area (Å²) in [6.45, 7) is 11.5. The molecule has 3 nitrogen and oxygen atoms in total. The zero-order valence-electron chi connectivity index (χ0n) is 12.1. The highest BCUT2D eigenvalue weighted by Crippen LogP contribution is 2.21. The molecule has 1 aromatic rings. The van der Waals surface area contributed by atoms with Gasteiger partial charge in [-0.3, -0.25) is 0 Å². The molecule has 0 aliphatic rings. The lowest BCUT2D eigenvalue weighted by molar-refractivity contribution is 0.0470. The Kier molecular flexibility index (Phi) is 4.05. The lowest BCUT2D eigenvalue weighted by Crippen LogP contribution is -2.43. The topological polar surface area (TPSA) is 38.3 Å². The zero-order valence-corrected chi connectivity index (χ0v) is 12.1. The minimum absolute atomic E-state index is 0.395. The molecule has 1 N–H and O–H groups in total. The summed E-state index contributed by atoms with van der Waals surface area (Å²) in [6.07, 6.45) is -0.395. The fourth-order valence-corrected chi connectivity index (χ4v) is 1.60. The fourth-order valence-electron chi connectivity index (χ4n) is 1.60. The SMILES string of the molecule is Cc1ccc(C(C)(C)NC(=O)OC(C)(C)C)cc1. The Morgan fingerprint density at radius 2 is 1.56 bits per heavy atom. The Morgan fingerprint density at radius 3 is 2.00 bits per heavy atom. The molecule has 0 atom stereocenters. The van der Waals surface area contributed by atoms with Gasteiger partial charge in [-0.05, 0) is 47.1 Å². The van der Waals surface area contributed by atoms with Gasteiger partial charge >= 0.3 is 6.09 Å². The van der Waals surface area contributed by atoms with Gasteiger partial charge in [0.2, 0.25) is 0 Å². The van der Waals surface area contributed by atoms with E-state index in [1.54, 1.807) is 0 Å². The molecule has 0 fully saturated rings. The van der Waals surface area contributed by atoms with Crippen LogP contribution in [-0.2, 0) is 10.3 Å². The van der Waals surface area contributed by atoms with Crippen LogP contribution in [0.25, 0.3) is 0 Å². The third kappa shape index (κ3) is 4.40. The molecular formula is C15H23NO2. The second-order valence-electron chi connectivity index (χ2n) is 6.12. The number of carbonyl (C=O) groups excluding carboxylic acids is 1. The van der Waals surface area contributed by atoms with E-state index in [-0.39, 0.29) is 0 Å². The highest BCUT2D eigenvalue weighted by Gasteiger charge is 2.25. The highest BCUT2D eigenvalue weighted by atomic mass is 16.6. The minimum atomic E-state index is -0.479. The average molecular weight is 249 g/mol. The quantitative estimate of drug-likeness (QED) is 0.866. The third-order valence-corrected chi connectivity index (χ3v) is 2.59. The molecule has 0 aliphatic heterocycles. The van der Waals surface area contributed by atoms with E-state index >= 15 is 0 Å². The van der Waals surface area contributed by atoms with Crippen LogP contribution in [0.15, 0.2) is 24.3 Å². The van der Waals surface area contributed by atoms with Crippen LogP contribution < -0.4 is 5.32 Å². The van der Waals surface area contributed by atoms with E-state index in [0.717, 1.165) is 5.56 Å². The number of hydrogen-bond acceptors (Lipinski definition) is 2. The van der Waals surface area contributed by atoms with Crippen LogP contribution in [0.3, 0.4) is 0 Å². The van der Waals surface area contributed by atoms with Crippen molar-refractivity contribution in [2.24, 2.45) is 0 Å². The van der Waals surface area contributed by atoms with Crippen LogP contribution in [0.2, 0.25) is 0 Å². The first-order valence-corrected chi connectivity index (χ1v) is 6.18. The summed E-state index contributed by atoms with van der Waals surface area (Å²) in [6, 6.07) is 8.11. The molecule has 0 aliphatic carbocycles. The summed E-state index contributed by atoms with van der Waals surface area (Å²) in [5.74, 6) is 0. The van der Waals surface area contributed by atoms with E-state index in [0.29, 0.717) is 0 Å². The van der Waals surface area contributed by atoms with E-state index in [4.69, 9.17) is 4.74 Å². The van der Waals surface area contributed by atoms with Crippen LogP contribution in [0.1, 0.15) is 45.7 Å². The molecule has 0 unspecified atom stereocenters. The third-order valence-electron chi connectivity index (χ3n) is 2.59. The Balaban J connectivity index is 2.75. The monoisotopic (exact) mass is 249 g/mol. The van der Waals surface area contributed by atoms with E-state index in [1.165, 1.54) is 5.56 Å². The van der Waals surface area contributed by atoms with Gasteiger partial charge in [0.1, 0.15) is 5.60 Å². The van der Waals surface area contributed by atoms with Crippen LogP contribution in [-0.4, -0.2) is 11.7 Å². The Morgan fingerprint density at radius 1 is 1.06 bits per heavy atom. The van der Waals surface area contributed by atoms with Crippen molar-refractivity contribution in [2.45, 2.75) is 52.7 Å². The van der Waals surface area contributed by atoms with Gasteiger partial charge in [0.25, 0.3) is 0 Å². The number of ether oxygens (including phenoxy) is 1. The van der Waals surface area contributed by atoms with Crippen LogP contribution in [0.5, 0.6) is 0 Å². The summed E-state index contributed by atoms with van der Waals surface area (Å²) in [5, 5.41) is 2.89. The Labute approximate surface area is 110 Å². The molecule has 1 aromatic carbocycles. The highest BCUT2D eigenvalue weighted by molar-refractivity contribution is 5.69. The van der Waals surface area contributed by atoms with Crippen molar-refractivity contribution in [3.8, 4) is 0 Å². The number of amides is 1. The first kappa shape index (κ1) is 14.6. The number of aryl methyl sites for hydroxylation is 1. The predicted molar refractivity (Wildman–Crippen MR) is 73.6 cm³/mol. The van der Waals surface area contributed by atoms with E-state index in [2.05, 4.69) is 5.32 Å². The minimum Gasteiger partial charge on any atom is -0.444 e. The molecule has 0 aromatic heterocycles. The first-order valence-electron chi connectivity index (χ1n) is 6.18. The summed E-state index contributed by atoms with van der Waals surface area (Å²) < 4.78 is 5.27. The normalized spacial score (nSPS) is 12.1. The predicted octanol–water partition coefficient (Wildman–Crippen LogP) is 3.75. The van der Waals surface area contributed by atoms with Gasteiger partial charge in [0.05, 0.1) is 5.54 Å². The maximum Gasteiger partial charge on any atom is 0.408 e. The zero-order chi connectivity index (χ0) is 14.0. The fraction of sp³-hybridized carbons (Fsp3) is 0.533. The lowest BCUT2D eigenvalue weighted by atomic mass is 9.94. The molecule has 0 radical (unpaired) electrons. The Hall–Kier alpha value is -1.51. The number of carbonyl (C=O) groups is 1. The molecule has 1 amide bonds. The maximum atomic E-state index is 11.8. The number of rotatable bonds is 2. The van der Waals surface area contributed by atoms with Gasteiger partial charge in [-0.25, -0.2) is 4.79 Å². The van der Waals surface area contributed by atoms with Crippen LogP contribution >= 0.6 is 0 Å². The van der Waals surface area contributed by atoms with Gasteiger partial charge < -0.3 is 10.1 Å². The second kappa shape index (κ2) is 5.01. The molecule has 3 heteroatoms. The van der Waals surface area contributed by atoms with Crippen molar-refractivity contribution in [1.29, 1.82) is 0 Å². The van der Waals surface area contributed by atoms with Gasteiger partial charge in [-0.2, -0.15) is 0 Å². The average Bonchev–Trinajstić information content (AvgIpc) is 2.13. The van der Waals surface area contributed by atoms with Gasteiger partial charge in [-0.1, -0.05) is 29.8 Å². The molecule has 0 saturated carbocycles. The first-order chi connectivity index (χ1) is 8.10. The molecule has 0 bridgehead atoms. The van der Waals surface area contributed by atoms with Gasteiger partial charge in [-0.15, -0.1) is 0 Å². The van der Waals surface area contributed by atoms with E-state index in [1.807, 2.05) is 65.8 Å². The molecule has 0 heterocycles. The standard InChI is InChI=1S/C15H23NO2/c1-11-7-9-12(10-8-11)15(5,6)16-13(17)18-14(2,3)4/h7-10H,1-6H3,(H,16,17). The Bertz CT molecular complexity index is 413. The molecule has 0 spiro atoms. The maximum absolute atomic E-state index is 11.8. The molecular weight excluding hydrogens is 226 g/mol. The lowest BCUT2D eigenvalue weighted by Gasteiger charge is -2.29.